The molecule has 15 heavy (non-hydrogen) atoms. The molecule has 1 aliphatic carbocycles. The van der Waals surface area contributed by atoms with Crippen LogP contribution in [0.2, 0.25) is 0 Å². The molecule has 1 rings (SSSR count). The Kier molecular flexibility index (Phi) is 5.05. The van der Waals surface area contributed by atoms with Crippen molar-refractivity contribution in [2.75, 3.05) is 33.4 Å². The maximum absolute atomic E-state index is 11.2. The average Bonchev–Trinajstić information content (AvgIpc) is 2.96. The highest BCUT2D eigenvalue weighted by atomic mass is 16.5. The lowest BCUT2D eigenvalue weighted by atomic mass is 10.0. The van der Waals surface area contributed by atoms with Gasteiger partial charge in [-0.15, -0.1) is 0 Å². The number of hydrogen-bond acceptors (Lipinski definition) is 3. The Morgan fingerprint density at radius 2 is 2.20 bits per heavy atom. The monoisotopic (exact) mass is 214 g/mol. The van der Waals surface area contributed by atoms with Crippen LogP contribution in [0.25, 0.3) is 0 Å². The molecular formula is C11H22N2O2. The summed E-state index contributed by atoms with van der Waals surface area (Å²) in [7, 11) is 1.73. The maximum Gasteiger partial charge on any atom is 0.233 e. The molecule has 88 valence electrons. The normalized spacial score (nSPS) is 17.5. The summed E-state index contributed by atoms with van der Waals surface area (Å²) in [4.78, 5) is 11.2. The molecule has 0 atom stereocenters. The molecule has 1 aliphatic rings. The van der Waals surface area contributed by atoms with Gasteiger partial charge in [0.15, 0.2) is 0 Å². The fraction of sp³-hybridized carbons (Fsp3) is 0.909. The second-order valence-electron chi connectivity index (χ2n) is 4.30. The van der Waals surface area contributed by atoms with E-state index in [9.17, 15) is 4.79 Å². The molecule has 0 saturated heterocycles. The van der Waals surface area contributed by atoms with Crippen molar-refractivity contribution in [1.82, 2.24) is 10.6 Å². The van der Waals surface area contributed by atoms with Crippen molar-refractivity contribution in [3.05, 3.63) is 0 Å². The predicted octanol–water partition coefficient (Wildman–Crippen LogP) is 0.529. The van der Waals surface area contributed by atoms with Crippen LogP contribution in [0.4, 0.5) is 0 Å². The lowest BCUT2D eigenvalue weighted by Crippen LogP contribution is -2.36. The molecule has 0 aliphatic heterocycles. The van der Waals surface area contributed by atoms with Crippen LogP contribution < -0.4 is 10.6 Å². The van der Waals surface area contributed by atoms with Crippen molar-refractivity contribution < 1.29 is 9.53 Å². The van der Waals surface area contributed by atoms with Gasteiger partial charge in [0.2, 0.25) is 5.91 Å². The van der Waals surface area contributed by atoms with E-state index in [0.717, 1.165) is 19.6 Å². The van der Waals surface area contributed by atoms with Crippen LogP contribution in [0.5, 0.6) is 0 Å². The minimum atomic E-state index is 0.0834. The van der Waals surface area contributed by atoms with Crippen molar-refractivity contribution in [3.63, 3.8) is 0 Å². The van der Waals surface area contributed by atoms with E-state index in [2.05, 4.69) is 10.6 Å². The Hall–Kier alpha value is -0.610. The first-order valence-electron chi connectivity index (χ1n) is 5.69. The zero-order valence-electron chi connectivity index (χ0n) is 9.77. The summed E-state index contributed by atoms with van der Waals surface area (Å²) in [5, 5.41) is 5.98. The topological polar surface area (TPSA) is 50.4 Å². The van der Waals surface area contributed by atoms with Crippen molar-refractivity contribution in [3.8, 4) is 0 Å². The van der Waals surface area contributed by atoms with E-state index >= 15 is 0 Å². The summed E-state index contributed by atoms with van der Waals surface area (Å²) >= 11 is 0. The van der Waals surface area contributed by atoms with Gasteiger partial charge in [-0.2, -0.15) is 0 Å². The summed E-state index contributed by atoms with van der Waals surface area (Å²) in [6, 6.07) is 0. The van der Waals surface area contributed by atoms with Gasteiger partial charge in [-0.25, -0.2) is 0 Å². The van der Waals surface area contributed by atoms with Gasteiger partial charge < -0.3 is 15.4 Å². The van der Waals surface area contributed by atoms with Crippen molar-refractivity contribution in [1.29, 1.82) is 0 Å². The van der Waals surface area contributed by atoms with Gasteiger partial charge in [0.1, 0.15) is 0 Å². The molecule has 4 nitrogen and oxygen atoms in total. The quantitative estimate of drug-likeness (QED) is 0.619. The number of carbonyl (C=O) groups excluding carboxylic acids is 1. The number of carbonyl (C=O) groups is 1. The highest BCUT2D eigenvalue weighted by Gasteiger charge is 2.41. The van der Waals surface area contributed by atoms with Gasteiger partial charge in [0.25, 0.3) is 0 Å². The lowest BCUT2D eigenvalue weighted by molar-refractivity contribution is -0.120. The van der Waals surface area contributed by atoms with Gasteiger partial charge in [-0.05, 0) is 31.6 Å². The summed E-state index contributed by atoms with van der Waals surface area (Å²) in [6.07, 6.45) is 3.63. The molecule has 0 spiro atoms. The van der Waals surface area contributed by atoms with Crippen molar-refractivity contribution >= 4 is 5.91 Å². The van der Waals surface area contributed by atoms with Crippen LogP contribution in [0.3, 0.4) is 0 Å². The molecule has 0 aromatic carbocycles. The molecule has 0 bridgehead atoms. The SMILES string of the molecule is CCNC(=O)CNCC1(CCOC)CC1. The second-order valence-corrected chi connectivity index (χ2v) is 4.30. The second kappa shape index (κ2) is 6.08. The third-order valence-electron chi connectivity index (χ3n) is 2.95. The zero-order valence-corrected chi connectivity index (χ0v) is 9.77. The molecule has 0 radical (unpaired) electrons. The van der Waals surface area contributed by atoms with Gasteiger partial charge in [0, 0.05) is 26.8 Å². The molecule has 1 fully saturated rings. The van der Waals surface area contributed by atoms with Gasteiger partial charge in [0.05, 0.1) is 6.54 Å². The van der Waals surface area contributed by atoms with Crippen LogP contribution >= 0.6 is 0 Å². The third-order valence-corrected chi connectivity index (χ3v) is 2.95. The number of methoxy groups -OCH3 is 1. The fourth-order valence-corrected chi connectivity index (χ4v) is 1.71. The minimum absolute atomic E-state index is 0.0834. The number of hydrogen-bond donors (Lipinski definition) is 2. The maximum atomic E-state index is 11.2. The van der Waals surface area contributed by atoms with Crippen LogP contribution in [-0.4, -0.2) is 39.3 Å². The molecule has 1 amide bonds. The first-order chi connectivity index (χ1) is 7.22. The summed E-state index contributed by atoms with van der Waals surface area (Å²) in [5.41, 5.74) is 0.419. The van der Waals surface area contributed by atoms with Crippen molar-refractivity contribution in [2.24, 2.45) is 5.41 Å². The number of amides is 1. The van der Waals surface area contributed by atoms with Gasteiger partial charge in [-0.3, -0.25) is 4.79 Å². The first kappa shape index (κ1) is 12.5. The van der Waals surface area contributed by atoms with E-state index in [4.69, 9.17) is 4.74 Å². The Labute approximate surface area is 91.8 Å². The average molecular weight is 214 g/mol. The Morgan fingerprint density at radius 3 is 2.73 bits per heavy atom. The predicted molar refractivity (Wildman–Crippen MR) is 59.7 cm³/mol. The van der Waals surface area contributed by atoms with Crippen LogP contribution in [-0.2, 0) is 9.53 Å². The molecule has 4 heteroatoms. The van der Waals surface area contributed by atoms with E-state index in [0.29, 0.717) is 18.5 Å². The largest absolute Gasteiger partial charge is 0.385 e. The van der Waals surface area contributed by atoms with E-state index in [1.165, 1.54) is 12.8 Å². The highest BCUT2D eigenvalue weighted by molar-refractivity contribution is 5.77. The van der Waals surface area contributed by atoms with E-state index in [1.54, 1.807) is 7.11 Å². The Bertz CT molecular complexity index is 203. The fourth-order valence-electron chi connectivity index (χ4n) is 1.71. The number of likely N-dealkylation sites (N-methyl/N-ethyl adjacent to an activating group) is 1. The Balaban J connectivity index is 2.06. The van der Waals surface area contributed by atoms with E-state index < -0.39 is 0 Å². The lowest BCUT2D eigenvalue weighted by Gasteiger charge is -2.15. The van der Waals surface area contributed by atoms with Gasteiger partial charge >= 0.3 is 0 Å². The summed E-state index contributed by atoms with van der Waals surface area (Å²) < 4.78 is 5.08. The minimum Gasteiger partial charge on any atom is -0.385 e. The summed E-state index contributed by atoms with van der Waals surface area (Å²) in [5.74, 6) is 0.0834. The smallest absolute Gasteiger partial charge is 0.233 e. The van der Waals surface area contributed by atoms with Gasteiger partial charge in [-0.1, -0.05) is 0 Å². The number of ether oxygens (including phenoxy) is 1. The summed E-state index contributed by atoms with van der Waals surface area (Å²) in [6.45, 7) is 4.83. The third kappa shape index (κ3) is 4.62. The molecular weight excluding hydrogens is 192 g/mol. The van der Waals surface area contributed by atoms with Crippen LogP contribution in [0.1, 0.15) is 26.2 Å². The van der Waals surface area contributed by atoms with E-state index in [1.807, 2.05) is 6.92 Å². The van der Waals surface area contributed by atoms with Crippen molar-refractivity contribution in [2.45, 2.75) is 26.2 Å². The van der Waals surface area contributed by atoms with E-state index in [-0.39, 0.29) is 5.91 Å². The molecule has 0 heterocycles. The standard InChI is InChI=1S/C11H22N2O2/c1-3-13-10(14)8-12-9-11(4-5-11)6-7-15-2/h12H,3-9H2,1-2H3,(H,13,14). The van der Waals surface area contributed by atoms with Crippen LogP contribution in [0.15, 0.2) is 0 Å². The number of rotatable bonds is 8. The molecule has 2 N–H and O–H groups in total. The number of nitrogens with one attached hydrogen (secondary N) is 2. The molecule has 0 aromatic rings. The van der Waals surface area contributed by atoms with Crippen LogP contribution in [0, 0.1) is 5.41 Å². The molecule has 0 aromatic heterocycles. The molecule has 0 unspecified atom stereocenters. The highest BCUT2D eigenvalue weighted by Crippen LogP contribution is 2.48. The zero-order chi connectivity index (χ0) is 11.1. The first-order valence-corrected chi connectivity index (χ1v) is 5.69. The Morgan fingerprint density at radius 1 is 1.47 bits per heavy atom. The molecule has 1 saturated carbocycles.